The fourth-order valence-corrected chi connectivity index (χ4v) is 3.55. The summed E-state index contributed by atoms with van der Waals surface area (Å²) >= 11 is 6.96. The van der Waals surface area contributed by atoms with Crippen LogP contribution >= 0.6 is 31.9 Å². The van der Waals surface area contributed by atoms with Crippen molar-refractivity contribution in [2.75, 3.05) is 6.61 Å². The van der Waals surface area contributed by atoms with Crippen molar-refractivity contribution in [1.82, 2.24) is 5.43 Å². The fourth-order valence-electron chi connectivity index (χ4n) is 2.56. The number of nitrogens with zero attached hydrogens (tertiary/aromatic N) is 2. The van der Waals surface area contributed by atoms with Gasteiger partial charge in [-0.25, -0.2) is 5.43 Å². The number of rotatable bonds is 6. The molecular formula is C20H15Br2N3O4. The van der Waals surface area contributed by atoms with Gasteiger partial charge in [0.15, 0.2) is 6.61 Å². The van der Waals surface area contributed by atoms with Gasteiger partial charge in [-0.2, -0.15) is 5.10 Å². The second-order valence-corrected chi connectivity index (χ2v) is 7.78. The summed E-state index contributed by atoms with van der Waals surface area (Å²) in [6.45, 7) is 1.48. The first-order valence-electron chi connectivity index (χ1n) is 8.43. The maximum absolute atomic E-state index is 12.1. The molecule has 0 saturated carbocycles. The smallest absolute Gasteiger partial charge is 0.277 e. The molecule has 3 aromatic rings. The molecule has 0 aliphatic heterocycles. The Kier molecular flexibility index (Phi) is 6.60. The van der Waals surface area contributed by atoms with E-state index < -0.39 is 10.8 Å². The van der Waals surface area contributed by atoms with E-state index in [1.54, 1.807) is 25.1 Å². The Morgan fingerprint density at radius 1 is 1.14 bits per heavy atom. The summed E-state index contributed by atoms with van der Waals surface area (Å²) in [5.74, 6) is 0.125. The summed E-state index contributed by atoms with van der Waals surface area (Å²) in [5.41, 5.74) is 3.60. The molecule has 0 saturated heterocycles. The summed E-state index contributed by atoms with van der Waals surface area (Å²) in [6, 6.07) is 15.5. The van der Waals surface area contributed by atoms with Crippen LogP contribution in [0.1, 0.15) is 12.5 Å². The Morgan fingerprint density at radius 3 is 2.55 bits per heavy atom. The van der Waals surface area contributed by atoms with Crippen LogP contribution in [0.2, 0.25) is 0 Å². The number of hydrazone groups is 1. The molecule has 0 bridgehead atoms. The second kappa shape index (κ2) is 9.15. The Balaban J connectivity index is 1.61. The molecule has 0 radical (unpaired) electrons. The molecule has 1 N–H and O–H groups in total. The number of nitro benzene ring substituents is 1. The molecule has 148 valence electrons. The van der Waals surface area contributed by atoms with Crippen molar-refractivity contribution in [3.05, 3.63) is 79.2 Å². The molecule has 0 aromatic heterocycles. The molecule has 1 amide bonds. The molecule has 3 aromatic carbocycles. The Labute approximate surface area is 183 Å². The first-order valence-corrected chi connectivity index (χ1v) is 10.0. The highest BCUT2D eigenvalue weighted by Gasteiger charge is 2.10. The third-order valence-electron chi connectivity index (χ3n) is 4.08. The molecule has 29 heavy (non-hydrogen) atoms. The van der Waals surface area contributed by atoms with Crippen LogP contribution in [0.15, 0.2) is 68.6 Å². The monoisotopic (exact) mass is 519 g/mol. The van der Waals surface area contributed by atoms with Gasteiger partial charge in [0.2, 0.25) is 0 Å². The van der Waals surface area contributed by atoms with Crippen LogP contribution in [0, 0.1) is 10.1 Å². The highest BCUT2D eigenvalue weighted by molar-refractivity contribution is 9.11. The van der Waals surface area contributed by atoms with E-state index in [0.717, 1.165) is 19.7 Å². The second-order valence-electron chi connectivity index (χ2n) is 6.07. The lowest BCUT2D eigenvalue weighted by Crippen LogP contribution is -2.25. The number of amides is 1. The van der Waals surface area contributed by atoms with Crippen molar-refractivity contribution >= 4 is 59.9 Å². The van der Waals surface area contributed by atoms with Gasteiger partial charge in [0.25, 0.3) is 11.6 Å². The minimum Gasteiger partial charge on any atom is -0.483 e. The van der Waals surface area contributed by atoms with Crippen molar-refractivity contribution in [2.24, 2.45) is 5.10 Å². The van der Waals surface area contributed by atoms with E-state index in [0.29, 0.717) is 17.0 Å². The zero-order valence-electron chi connectivity index (χ0n) is 15.2. The van der Waals surface area contributed by atoms with Crippen molar-refractivity contribution in [1.29, 1.82) is 0 Å². The first kappa shape index (κ1) is 20.9. The Morgan fingerprint density at radius 2 is 1.86 bits per heavy atom. The normalized spacial score (nSPS) is 11.3. The van der Waals surface area contributed by atoms with Crippen molar-refractivity contribution in [2.45, 2.75) is 6.92 Å². The molecule has 0 unspecified atom stereocenters. The third kappa shape index (κ3) is 5.18. The molecule has 0 atom stereocenters. The summed E-state index contributed by atoms with van der Waals surface area (Å²) < 4.78 is 7.34. The SMILES string of the molecule is CC(=NNC(=O)COc1ccc2cc(Br)ccc2c1Br)c1ccc([N+](=O)[O-])cc1. The number of fused-ring (bicyclic) bond motifs is 1. The van der Waals surface area contributed by atoms with Crippen LogP contribution in [-0.4, -0.2) is 23.1 Å². The van der Waals surface area contributed by atoms with Gasteiger partial charge in [0.1, 0.15) is 5.75 Å². The number of ether oxygens (including phenoxy) is 1. The lowest BCUT2D eigenvalue weighted by atomic mass is 10.1. The summed E-state index contributed by atoms with van der Waals surface area (Å²) in [5, 5.41) is 16.7. The minimum atomic E-state index is -0.473. The number of non-ortho nitro benzene ring substituents is 1. The van der Waals surface area contributed by atoms with Crippen LogP contribution in [0.25, 0.3) is 10.8 Å². The summed E-state index contributed by atoms with van der Waals surface area (Å²) in [4.78, 5) is 22.3. The van der Waals surface area contributed by atoms with Gasteiger partial charge in [-0.3, -0.25) is 14.9 Å². The highest BCUT2D eigenvalue weighted by Crippen LogP contribution is 2.34. The average molecular weight is 521 g/mol. The number of carbonyl (C=O) groups excluding carboxylic acids is 1. The largest absolute Gasteiger partial charge is 0.483 e. The molecule has 0 aliphatic carbocycles. The van der Waals surface area contributed by atoms with E-state index in [9.17, 15) is 14.9 Å². The van der Waals surface area contributed by atoms with Gasteiger partial charge in [0, 0.05) is 16.6 Å². The fraction of sp³-hybridized carbons (Fsp3) is 0.100. The van der Waals surface area contributed by atoms with Gasteiger partial charge < -0.3 is 4.74 Å². The van der Waals surface area contributed by atoms with Crippen LogP contribution in [-0.2, 0) is 4.79 Å². The number of nitrogens with one attached hydrogen (secondary N) is 1. The maximum Gasteiger partial charge on any atom is 0.277 e. The van der Waals surface area contributed by atoms with Gasteiger partial charge in [-0.1, -0.05) is 28.1 Å². The van der Waals surface area contributed by atoms with Gasteiger partial charge >= 0.3 is 0 Å². The van der Waals surface area contributed by atoms with Crippen molar-refractivity contribution in [3.63, 3.8) is 0 Å². The molecule has 7 nitrogen and oxygen atoms in total. The van der Waals surface area contributed by atoms with E-state index >= 15 is 0 Å². The summed E-state index contributed by atoms with van der Waals surface area (Å²) in [6.07, 6.45) is 0. The quantitative estimate of drug-likeness (QED) is 0.275. The maximum atomic E-state index is 12.1. The predicted octanol–water partition coefficient (Wildman–Crippen LogP) is 5.19. The van der Waals surface area contributed by atoms with Gasteiger partial charge in [-0.15, -0.1) is 0 Å². The number of carbonyl (C=O) groups is 1. The molecule has 3 rings (SSSR count). The highest BCUT2D eigenvalue weighted by atomic mass is 79.9. The van der Waals surface area contributed by atoms with Crippen LogP contribution in [0.5, 0.6) is 5.75 Å². The van der Waals surface area contributed by atoms with Gasteiger partial charge in [0.05, 0.1) is 15.1 Å². The zero-order valence-corrected chi connectivity index (χ0v) is 18.4. The Bertz CT molecular complexity index is 1110. The number of hydrogen-bond acceptors (Lipinski definition) is 5. The van der Waals surface area contributed by atoms with Crippen molar-refractivity contribution in [3.8, 4) is 5.75 Å². The number of hydrogen-bond donors (Lipinski definition) is 1. The number of benzene rings is 3. The summed E-state index contributed by atoms with van der Waals surface area (Å²) in [7, 11) is 0. The van der Waals surface area contributed by atoms with E-state index in [2.05, 4.69) is 42.4 Å². The molecular weight excluding hydrogens is 506 g/mol. The minimum absolute atomic E-state index is 0.00712. The van der Waals surface area contributed by atoms with Crippen LogP contribution < -0.4 is 10.2 Å². The molecule has 0 fully saturated rings. The zero-order chi connectivity index (χ0) is 21.0. The first-order chi connectivity index (χ1) is 13.8. The van der Waals surface area contributed by atoms with E-state index in [-0.39, 0.29) is 12.3 Å². The van der Waals surface area contributed by atoms with E-state index in [1.807, 2.05) is 24.3 Å². The van der Waals surface area contributed by atoms with Crippen molar-refractivity contribution < 1.29 is 14.5 Å². The molecule has 0 aliphatic rings. The van der Waals surface area contributed by atoms with Crippen LogP contribution in [0.3, 0.4) is 0 Å². The predicted molar refractivity (Wildman–Crippen MR) is 118 cm³/mol. The van der Waals surface area contributed by atoms with E-state index in [1.165, 1.54) is 12.1 Å². The van der Waals surface area contributed by atoms with Gasteiger partial charge in [-0.05, 0) is 69.5 Å². The molecule has 0 heterocycles. The standard InChI is InChI=1S/C20H15Br2N3O4/c1-12(13-2-6-16(7-3-13)25(27)28)23-24-19(26)11-29-18-9-4-14-10-15(21)5-8-17(14)20(18)22/h2-10H,11H2,1H3,(H,24,26). The third-order valence-corrected chi connectivity index (χ3v) is 5.39. The number of halogens is 2. The Hall–Kier alpha value is -2.78. The molecule has 0 spiro atoms. The lowest BCUT2D eigenvalue weighted by Gasteiger charge is -2.10. The lowest BCUT2D eigenvalue weighted by molar-refractivity contribution is -0.384. The van der Waals surface area contributed by atoms with E-state index in [4.69, 9.17) is 4.74 Å². The topological polar surface area (TPSA) is 93.8 Å². The average Bonchev–Trinajstić information content (AvgIpc) is 2.71. The number of nitro groups is 1. The van der Waals surface area contributed by atoms with Crippen LogP contribution in [0.4, 0.5) is 5.69 Å². The molecule has 9 heteroatoms.